The third kappa shape index (κ3) is 4.37. The molecule has 1 amide bonds. The van der Waals surface area contributed by atoms with Gasteiger partial charge in [-0.2, -0.15) is 0 Å². The van der Waals surface area contributed by atoms with Crippen LogP contribution in [0.5, 0.6) is 0 Å². The van der Waals surface area contributed by atoms with Crippen LogP contribution >= 0.6 is 11.6 Å². The minimum Gasteiger partial charge on any atom is -0.393 e. The lowest BCUT2D eigenvalue weighted by Gasteiger charge is -2.13. The van der Waals surface area contributed by atoms with Crippen LogP contribution in [0.15, 0.2) is 55.1 Å². The Bertz CT molecular complexity index is 905. The van der Waals surface area contributed by atoms with E-state index in [0.717, 1.165) is 5.56 Å². The van der Waals surface area contributed by atoms with Gasteiger partial charge in [-0.15, -0.1) is 0 Å². The number of nitrogens with one attached hydrogen (secondary N) is 3. The number of hydrazine groups is 1. The lowest BCUT2D eigenvalue weighted by atomic mass is 10.2. The molecule has 2 heterocycles. The summed E-state index contributed by atoms with van der Waals surface area (Å²) in [4.78, 5) is 24.3. The number of pyridine rings is 1. The van der Waals surface area contributed by atoms with E-state index in [1.54, 1.807) is 36.7 Å². The second-order valence-corrected chi connectivity index (χ2v) is 5.73. The molecule has 3 rings (SSSR count). The molecular weight excluding hydrogens is 354 g/mol. The van der Waals surface area contributed by atoms with E-state index in [1.807, 2.05) is 12.1 Å². The Kier molecular flexibility index (Phi) is 5.45. The molecule has 2 aromatic heterocycles. The highest BCUT2D eigenvalue weighted by atomic mass is 35.5. The second-order valence-electron chi connectivity index (χ2n) is 5.29. The lowest BCUT2D eigenvalue weighted by Crippen LogP contribution is -2.30. The number of benzene rings is 1. The van der Waals surface area contributed by atoms with E-state index in [4.69, 9.17) is 17.3 Å². The van der Waals surface area contributed by atoms with Gasteiger partial charge in [-0.1, -0.05) is 23.7 Å². The maximum absolute atomic E-state index is 12.1. The molecule has 0 bridgehead atoms. The molecule has 0 unspecified atom stereocenters. The first-order chi connectivity index (χ1) is 12.6. The lowest BCUT2D eigenvalue weighted by molar-refractivity contribution is 0.0962. The summed E-state index contributed by atoms with van der Waals surface area (Å²) in [7, 11) is 0. The molecule has 0 saturated heterocycles. The van der Waals surface area contributed by atoms with Gasteiger partial charge in [-0.3, -0.25) is 20.6 Å². The summed E-state index contributed by atoms with van der Waals surface area (Å²) in [6.45, 7) is 0.503. The van der Waals surface area contributed by atoms with Crippen molar-refractivity contribution in [2.75, 3.05) is 16.5 Å². The third-order valence-electron chi connectivity index (χ3n) is 3.45. The SMILES string of the molecule is Nc1c(NCc2cccnc2)ncnc1NNC(=O)c1cccc(Cl)c1. The first-order valence-electron chi connectivity index (χ1n) is 7.68. The fourth-order valence-corrected chi connectivity index (χ4v) is 2.33. The van der Waals surface area contributed by atoms with Crippen molar-refractivity contribution in [1.29, 1.82) is 0 Å². The van der Waals surface area contributed by atoms with Crippen LogP contribution < -0.4 is 21.9 Å². The predicted molar refractivity (Wildman–Crippen MR) is 101 cm³/mol. The van der Waals surface area contributed by atoms with Crippen molar-refractivity contribution >= 4 is 34.8 Å². The van der Waals surface area contributed by atoms with Crippen molar-refractivity contribution < 1.29 is 4.79 Å². The monoisotopic (exact) mass is 369 g/mol. The molecule has 132 valence electrons. The van der Waals surface area contributed by atoms with E-state index in [-0.39, 0.29) is 17.4 Å². The summed E-state index contributed by atoms with van der Waals surface area (Å²) in [5.41, 5.74) is 13.0. The predicted octanol–water partition coefficient (Wildman–Crippen LogP) is 2.48. The zero-order valence-corrected chi connectivity index (χ0v) is 14.4. The summed E-state index contributed by atoms with van der Waals surface area (Å²) in [5.74, 6) is 0.364. The zero-order valence-electron chi connectivity index (χ0n) is 13.6. The molecule has 26 heavy (non-hydrogen) atoms. The van der Waals surface area contributed by atoms with Crippen LogP contribution in [0.2, 0.25) is 5.02 Å². The number of rotatable bonds is 6. The molecule has 5 N–H and O–H groups in total. The van der Waals surface area contributed by atoms with Gasteiger partial charge in [0.2, 0.25) is 0 Å². The number of anilines is 3. The second kappa shape index (κ2) is 8.13. The Morgan fingerprint density at radius 3 is 2.77 bits per heavy atom. The molecule has 0 atom stereocenters. The van der Waals surface area contributed by atoms with Gasteiger partial charge in [0.05, 0.1) is 0 Å². The van der Waals surface area contributed by atoms with E-state index in [9.17, 15) is 4.79 Å². The van der Waals surface area contributed by atoms with Gasteiger partial charge in [0.1, 0.15) is 12.0 Å². The van der Waals surface area contributed by atoms with Crippen LogP contribution in [0.1, 0.15) is 15.9 Å². The van der Waals surface area contributed by atoms with Gasteiger partial charge in [0.15, 0.2) is 11.6 Å². The maximum atomic E-state index is 12.1. The number of nitrogens with two attached hydrogens (primary N) is 1. The summed E-state index contributed by atoms with van der Waals surface area (Å²) in [6.07, 6.45) is 4.79. The minimum atomic E-state index is -0.365. The normalized spacial score (nSPS) is 10.2. The third-order valence-corrected chi connectivity index (χ3v) is 3.68. The summed E-state index contributed by atoms with van der Waals surface area (Å²) in [6, 6.07) is 10.4. The molecule has 9 heteroatoms. The highest BCUT2D eigenvalue weighted by Gasteiger charge is 2.10. The van der Waals surface area contributed by atoms with Gasteiger partial charge < -0.3 is 11.1 Å². The highest BCUT2D eigenvalue weighted by molar-refractivity contribution is 6.30. The Hall–Kier alpha value is -3.39. The smallest absolute Gasteiger partial charge is 0.269 e. The number of amides is 1. The molecule has 0 fully saturated rings. The van der Waals surface area contributed by atoms with Gasteiger partial charge in [-0.25, -0.2) is 9.97 Å². The summed E-state index contributed by atoms with van der Waals surface area (Å²) in [5, 5.41) is 3.58. The number of hydrogen-bond acceptors (Lipinski definition) is 7. The van der Waals surface area contributed by atoms with Gasteiger partial charge in [0.25, 0.3) is 5.91 Å². The number of nitrogen functional groups attached to an aromatic ring is 1. The number of hydrogen-bond donors (Lipinski definition) is 4. The summed E-state index contributed by atoms with van der Waals surface area (Å²) < 4.78 is 0. The van der Waals surface area contributed by atoms with E-state index >= 15 is 0 Å². The van der Waals surface area contributed by atoms with Crippen LogP contribution in [0.25, 0.3) is 0 Å². The average molecular weight is 370 g/mol. The Morgan fingerprint density at radius 2 is 2.00 bits per heavy atom. The maximum Gasteiger partial charge on any atom is 0.269 e. The molecule has 0 radical (unpaired) electrons. The van der Waals surface area contributed by atoms with Gasteiger partial charge >= 0.3 is 0 Å². The molecule has 3 aromatic rings. The number of carbonyl (C=O) groups is 1. The first kappa shape index (κ1) is 17.4. The van der Waals surface area contributed by atoms with Crippen molar-refractivity contribution in [3.63, 3.8) is 0 Å². The summed E-state index contributed by atoms with van der Waals surface area (Å²) >= 11 is 5.88. The van der Waals surface area contributed by atoms with Crippen LogP contribution in [-0.4, -0.2) is 20.9 Å². The average Bonchev–Trinajstić information content (AvgIpc) is 2.67. The quantitative estimate of drug-likeness (QED) is 0.493. The molecule has 0 aliphatic carbocycles. The largest absolute Gasteiger partial charge is 0.393 e. The fourth-order valence-electron chi connectivity index (χ4n) is 2.14. The number of nitrogens with zero attached hydrogens (tertiary/aromatic N) is 3. The Morgan fingerprint density at radius 1 is 1.15 bits per heavy atom. The van der Waals surface area contributed by atoms with E-state index in [1.165, 1.54) is 6.33 Å². The van der Waals surface area contributed by atoms with Crippen molar-refractivity contribution in [2.45, 2.75) is 6.54 Å². The van der Waals surface area contributed by atoms with Gasteiger partial charge in [0, 0.05) is 29.5 Å². The van der Waals surface area contributed by atoms with Crippen LogP contribution in [0, 0.1) is 0 Å². The van der Waals surface area contributed by atoms with Crippen LogP contribution in [0.3, 0.4) is 0 Å². The van der Waals surface area contributed by atoms with E-state index < -0.39 is 0 Å². The minimum absolute atomic E-state index is 0.280. The Balaban J connectivity index is 1.64. The molecular formula is C17H16ClN7O. The molecule has 1 aromatic carbocycles. The zero-order chi connectivity index (χ0) is 18.4. The fraction of sp³-hybridized carbons (Fsp3) is 0.0588. The van der Waals surface area contributed by atoms with Gasteiger partial charge in [-0.05, 0) is 29.8 Å². The molecule has 0 spiro atoms. The molecule has 0 aliphatic heterocycles. The molecule has 0 saturated carbocycles. The topological polar surface area (TPSA) is 118 Å². The highest BCUT2D eigenvalue weighted by Crippen LogP contribution is 2.22. The van der Waals surface area contributed by atoms with Crippen molar-refractivity contribution in [3.05, 3.63) is 71.3 Å². The van der Waals surface area contributed by atoms with Crippen molar-refractivity contribution in [2.24, 2.45) is 0 Å². The van der Waals surface area contributed by atoms with Crippen LogP contribution in [0.4, 0.5) is 17.3 Å². The molecule has 0 aliphatic rings. The van der Waals surface area contributed by atoms with Crippen molar-refractivity contribution in [1.82, 2.24) is 20.4 Å². The standard InChI is InChI=1S/C17H16ClN7O/c18-13-5-1-4-12(7-13)17(26)25-24-16-14(19)15(22-10-23-16)21-9-11-3-2-6-20-8-11/h1-8,10H,9,19H2,(H,25,26)(H2,21,22,23,24). The first-order valence-corrected chi connectivity index (χ1v) is 8.06. The number of halogens is 1. The van der Waals surface area contributed by atoms with Crippen LogP contribution in [-0.2, 0) is 6.54 Å². The number of carbonyl (C=O) groups excluding carboxylic acids is 1. The van der Waals surface area contributed by atoms with E-state index in [0.29, 0.717) is 22.9 Å². The van der Waals surface area contributed by atoms with E-state index in [2.05, 4.69) is 31.1 Å². The number of aromatic nitrogens is 3. The Labute approximate surface area is 154 Å². The van der Waals surface area contributed by atoms with Crippen molar-refractivity contribution in [3.8, 4) is 0 Å². The molecule has 8 nitrogen and oxygen atoms in total.